The van der Waals surface area contributed by atoms with Crippen molar-refractivity contribution in [1.82, 2.24) is 20.0 Å². The Labute approximate surface area is 108 Å². The summed E-state index contributed by atoms with van der Waals surface area (Å²) in [7, 11) is 1.89. The molecule has 96 valence electrons. The lowest BCUT2D eigenvalue weighted by molar-refractivity contribution is 0.189. The zero-order valence-corrected chi connectivity index (χ0v) is 11.6. The summed E-state index contributed by atoms with van der Waals surface area (Å²) in [5.74, 6) is 0. The van der Waals surface area contributed by atoms with Gasteiger partial charge in [-0.1, -0.05) is 18.5 Å². The van der Waals surface area contributed by atoms with E-state index in [1.807, 2.05) is 14.0 Å². The summed E-state index contributed by atoms with van der Waals surface area (Å²) < 4.78 is 1.76. The highest BCUT2D eigenvalue weighted by atomic mass is 35.5. The predicted molar refractivity (Wildman–Crippen MR) is 70.3 cm³/mol. The maximum absolute atomic E-state index is 6.26. The molecule has 2 rings (SSSR count). The van der Waals surface area contributed by atoms with Crippen LogP contribution < -0.4 is 5.32 Å². The van der Waals surface area contributed by atoms with Gasteiger partial charge in [-0.25, -0.2) is 0 Å². The zero-order valence-electron chi connectivity index (χ0n) is 10.8. The summed E-state index contributed by atoms with van der Waals surface area (Å²) in [6, 6.07) is 0.611. The molecule has 1 aromatic heterocycles. The van der Waals surface area contributed by atoms with Crippen LogP contribution in [0.2, 0.25) is 5.15 Å². The fourth-order valence-corrected chi connectivity index (χ4v) is 2.62. The van der Waals surface area contributed by atoms with Crippen LogP contribution in [0.1, 0.15) is 24.6 Å². The van der Waals surface area contributed by atoms with Crippen molar-refractivity contribution in [2.75, 3.05) is 19.6 Å². The van der Waals surface area contributed by atoms with Gasteiger partial charge in [0.2, 0.25) is 0 Å². The van der Waals surface area contributed by atoms with Crippen LogP contribution in [0.15, 0.2) is 0 Å². The standard InChI is InChI=1S/C12H21ClN4/c1-4-10-7-17(6-5-14-10)8-11-9(2)15-16(3)12(11)13/h10,14H,4-8H2,1-3H3. The molecule has 2 heterocycles. The summed E-state index contributed by atoms with van der Waals surface area (Å²) >= 11 is 6.26. The average molecular weight is 257 g/mol. The lowest BCUT2D eigenvalue weighted by Crippen LogP contribution is -2.49. The minimum atomic E-state index is 0.611. The van der Waals surface area contributed by atoms with Gasteiger partial charge in [0.25, 0.3) is 0 Å². The van der Waals surface area contributed by atoms with E-state index in [2.05, 4.69) is 22.2 Å². The first-order valence-corrected chi connectivity index (χ1v) is 6.63. The Bertz CT molecular complexity index is 388. The summed E-state index contributed by atoms with van der Waals surface area (Å²) in [5.41, 5.74) is 2.22. The van der Waals surface area contributed by atoms with E-state index in [9.17, 15) is 0 Å². The van der Waals surface area contributed by atoms with E-state index in [1.165, 1.54) is 12.0 Å². The number of hydrogen-bond donors (Lipinski definition) is 1. The van der Waals surface area contributed by atoms with Crippen molar-refractivity contribution in [3.63, 3.8) is 0 Å². The molecule has 1 unspecified atom stereocenters. The Morgan fingerprint density at radius 2 is 2.29 bits per heavy atom. The molecular formula is C12H21ClN4. The van der Waals surface area contributed by atoms with Crippen molar-refractivity contribution in [2.24, 2.45) is 7.05 Å². The third kappa shape index (κ3) is 2.81. The van der Waals surface area contributed by atoms with Crippen molar-refractivity contribution in [3.05, 3.63) is 16.4 Å². The van der Waals surface area contributed by atoms with E-state index in [1.54, 1.807) is 4.68 Å². The topological polar surface area (TPSA) is 33.1 Å². The molecule has 4 nitrogen and oxygen atoms in total. The second-order valence-corrected chi connectivity index (χ2v) is 5.13. The molecule has 5 heteroatoms. The maximum atomic E-state index is 6.26. The molecule has 1 aliphatic heterocycles. The highest BCUT2D eigenvalue weighted by molar-refractivity contribution is 6.30. The summed E-state index contributed by atoms with van der Waals surface area (Å²) in [5, 5.41) is 8.65. The Morgan fingerprint density at radius 1 is 1.53 bits per heavy atom. The molecule has 0 spiro atoms. The molecule has 1 saturated heterocycles. The second-order valence-electron chi connectivity index (χ2n) is 4.77. The fourth-order valence-electron chi connectivity index (χ4n) is 2.39. The molecule has 1 atom stereocenters. The van der Waals surface area contributed by atoms with Gasteiger partial charge in [0.1, 0.15) is 5.15 Å². The van der Waals surface area contributed by atoms with E-state index >= 15 is 0 Å². The fraction of sp³-hybridized carbons (Fsp3) is 0.750. The molecule has 0 aromatic carbocycles. The normalized spacial score (nSPS) is 22.0. The number of aromatic nitrogens is 2. The largest absolute Gasteiger partial charge is 0.311 e. The Morgan fingerprint density at radius 3 is 2.88 bits per heavy atom. The molecule has 17 heavy (non-hydrogen) atoms. The number of halogens is 1. The number of hydrogen-bond acceptors (Lipinski definition) is 3. The zero-order chi connectivity index (χ0) is 12.4. The Balaban J connectivity index is 2.05. The average Bonchev–Trinajstić information content (AvgIpc) is 2.56. The quantitative estimate of drug-likeness (QED) is 0.891. The van der Waals surface area contributed by atoms with Crippen LogP contribution >= 0.6 is 11.6 Å². The van der Waals surface area contributed by atoms with Gasteiger partial charge in [-0.3, -0.25) is 9.58 Å². The van der Waals surface area contributed by atoms with E-state index in [-0.39, 0.29) is 0 Å². The smallest absolute Gasteiger partial charge is 0.131 e. The van der Waals surface area contributed by atoms with E-state index in [4.69, 9.17) is 11.6 Å². The van der Waals surface area contributed by atoms with Crippen molar-refractivity contribution < 1.29 is 0 Å². The van der Waals surface area contributed by atoms with Crippen LogP contribution in [0, 0.1) is 6.92 Å². The van der Waals surface area contributed by atoms with Crippen LogP contribution in [-0.4, -0.2) is 40.4 Å². The van der Waals surface area contributed by atoms with Crippen molar-refractivity contribution in [2.45, 2.75) is 32.9 Å². The lowest BCUT2D eigenvalue weighted by Gasteiger charge is -2.33. The number of rotatable bonds is 3. The molecule has 1 aliphatic rings. The molecule has 1 fully saturated rings. The predicted octanol–water partition coefficient (Wildman–Crippen LogP) is 1.57. The van der Waals surface area contributed by atoms with Crippen molar-refractivity contribution >= 4 is 11.6 Å². The van der Waals surface area contributed by atoms with Gasteiger partial charge >= 0.3 is 0 Å². The first-order valence-electron chi connectivity index (χ1n) is 6.25. The molecule has 0 radical (unpaired) electrons. The van der Waals surface area contributed by atoms with Gasteiger partial charge < -0.3 is 5.32 Å². The van der Waals surface area contributed by atoms with Crippen LogP contribution in [0.5, 0.6) is 0 Å². The Kier molecular flexibility index (Phi) is 4.07. The number of aryl methyl sites for hydroxylation is 2. The van der Waals surface area contributed by atoms with Gasteiger partial charge in [0.05, 0.1) is 5.69 Å². The third-order valence-corrected chi connectivity index (χ3v) is 3.96. The summed E-state index contributed by atoms with van der Waals surface area (Å²) in [4.78, 5) is 2.46. The van der Waals surface area contributed by atoms with E-state index in [0.717, 1.165) is 37.0 Å². The number of nitrogens with one attached hydrogen (secondary N) is 1. The summed E-state index contributed by atoms with van der Waals surface area (Å²) in [6.45, 7) is 8.42. The van der Waals surface area contributed by atoms with Crippen LogP contribution in [-0.2, 0) is 13.6 Å². The van der Waals surface area contributed by atoms with Crippen molar-refractivity contribution in [1.29, 1.82) is 0 Å². The first kappa shape index (κ1) is 12.9. The van der Waals surface area contributed by atoms with Gasteiger partial charge in [0.15, 0.2) is 0 Å². The SMILES string of the molecule is CCC1CN(Cc2c(C)nn(C)c2Cl)CCN1. The van der Waals surface area contributed by atoms with Crippen LogP contribution in [0.3, 0.4) is 0 Å². The maximum Gasteiger partial charge on any atom is 0.131 e. The van der Waals surface area contributed by atoms with Crippen LogP contribution in [0.25, 0.3) is 0 Å². The minimum absolute atomic E-state index is 0.611. The molecule has 0 amide bonds. The van der Waals surface area contributed by atoms with Gasteiger partial charge in [-0.15, -0.1) is 0 Å². The second kappa shape index (κ2) is 5.38. The van der Waals surface area contributed by atoms with Gasteiger partial charge in [-0.2, -0.15) is 5.10 Å². The number of nitrogens with zero attached hydrogens (tertiary/aromatic N) is 3. The summed E-state index contributed by atoms with van der Waals surface area (Å²) in [6.07, 6.45) is 1.18. The number of piperazine rings is 1. The highest BCUT2D eigenvalue weighted by Crippen LogP contribution is 2.21. The van der Waals surface area contributed by atoms with E-state index in [0.29, 0.717) is 6.04 Å². The van der Waals surface area contributed by atoms with Crippen LogP contribution in [0.4, 0.5) is 0 Å². The third-order valence-electron chi connectivity index (χ3n) is 3.48. The van der Waals surface area contributed by atoms with E-state index < -0.39 is 0 Å². The lowest BCUT2D eigenvalue weighted by atomic mass is 10.1. The molecule has 0 saturated carbocycles. The molecule has 0 bridgehead atoms. The van der Waals surface area contributed by atoms with Gasteiger partial charge in [0, 0.05) is 44.8 Å². The Hall–Kier alpha value is -0.580. The monoisotopic (exact) mass is 256 g/mol. The highest BCUT2D eigenvalue weighted by Gasteiger charge is 2.20. The molecule has 0 aliphatic carbocycles. The molecular weight excluding hydrogens is 236 g/mol. The first-order chi connectivity index (χ1) is 8.11. The van der Waals surface area contributed by atoms with Gasteiger partial charge in [-0.05, 0) is 13.3 Å². The molecule has 1 N–H and O–H groups in total. The molecule has 1 aromatic rings. The minimum Gasteiger partial charge on any atom is -0.311 e. The van der Waals surface area contributed by atoms with Crippen molar-refractivity contribution in [3.8, 4) is 0 Å².